The van der Waals surface area contributed by atoms with E-state index in [0.29, 0.717) is 0 Å². The molecule has 0 saturated carbocycles. The molecule has 48 valence electrons. The van der Waals surface area contributed by atoms with Gasteiger partial charge in [-0.25, -0.2) is 9.59 Å². The van der Waals surface area contributed by atoms with E-state index >= 15 is 0 Å². The zero-order chi connectivity index (χ0) is 5.15. The summed E-state index contributed by atoms with van der Waals surface area (Å²) in [5.41, 5.74) is 0. The Labute approximate surface area is 77.8 Å². The Morgan fingerprint density at radius 3 is 1.11 bits per heavy atom. The van der Waals surface area contributed by atoms with Crippen molar-refractivity contribution >= 4 is 30.8 Å². The minimum absolute atomic E-state index is 0. The first-order chi connectivity index (χ1) is 2.64. The summed E-state index contributed by atoms with van der Waals surface area (Å²) in [5, 5.41) is 14.8. The maximum Gasteiger partial charge on any atom is 0 e. The molecule has 0 aliphatic carbocycles. The number of rotatable bonds is 0. The molecule has 0 bridgehead atoms. The topological polar surface area (TPSA) is 106 Å². The number of aliphatic carboxylic acids is 2. The van der Waals surface area contributed by atoms with Crippen LogP contribution < -0.4 is 0 Å². The molecule has 0 atom stereocenters. The monoisotopic (exact) mass is 164 g/mol. The van der Waals surface area contributed by atoms with Crippen LogP contribution in [-0.4, -0.2) is 46.5 Å². The average Bonchev–Trinajstić information content (AvgIpc) is 1.36. The molecule has 0 aromatic carbocycles. The van der Waals surface area contributed by atoms with E-state index in [1.807, 2.05) is 0 Å². The molecule has 4 N–H and O–H groups in total. The average molecular weight is 164 g/mol. The molecule has 0 unspecified atom stereocenters. The van der Waals surface area contributed by atoms with E-state index in [9.17, 15) is 0 Å². The van der Waals surface area contributed by atoms with Crippen molar-refractivity contribution in [3.63, 3.8) is 0 Å². The van der Waals surface area contributed by atoms with Gasteiger partial charge in [-0.3, -0.25) is 0 Å². The Morgan fingerprint density at radius 2 is 1.11 bits per heavy atom. The van der Waals surface area contributed by atoms with Crippen LogP contribution in [0.15, 0.2) is 0 Å². The van der Waals surface area contributed by atoms with Crippen molar-refractivity contribution in [2.75, 3.05) is 0 Å². The molecule has 0 aliphatic rings. The second kappa shape index (κ2) is 11.1. The molecule has 0 rings (SSSR count). The Balaban J connectivity index is -0.0000000417. The third-order valence-corrected chi connectivity index (χ3v) is 0.183. The van der Waals surface area contributed by atoms with Crippen LogP contribution in [0, 0.1) is 0 Å². The first kappa shape index (κ1) is 22.9. The summed E-state index contributed by atoms with van der Waals surface area (Å²) >= 11 is 0. The van der Waals surface area contributed by atoms with Gasteiger partial charge in [-0.15, -0.1) is 0 Å². The van der Waals surface area contributed by atoms with Gasteiger partial charge in [0.25, 0.3) is 0 Å². The van der Waals surface area contributed by atoms with E-state index in [1.165, 1.54) is 0 Å². The van der Waals surface area contributed by atoms with Crippen molar-refractivity contribution in [1.82, 2.24) is 0 Å². The Hall–Kier alpha value is 0.212. The van der Waals surface area contributed by atoms with Gasteiger partial charge in [0, 0.05) is 21.7 Å². The molecular weight excluding hydrogens is 159 g/mol. The van der Waals surface area contributed by atoms with Crippen molar-refractivity contribution in [3.8, 4) is 0 Å². The number of hydrogen-bond donors (Lipinski definition) is 2. The minimum Gasteiger partial charge on any atom is 0 e. The van der Waals surface area contributed by atoms with E-state index in [-0.39, 0.29) is 46.1 Å². The van der Waals surface area contributed by atoms with Crippen LogP contribution in [0.4, 0.5) is 0 Å². The predicted molar refractivity (Wildman–Crippen MR) is 26.0 cm³/mol. The van der Waals surface area contributed by atoms with Crippen molar-refractivity contribution in [2.45, 2.75) is 0 Å². The summed E-state index contributed by atoms with van der Waals surface area (Å²) in [5.74, 6) is -3.65. The smallest absolute Gasteiger partial charge is 0 e. The van der Waals surface area contributed by atoms with Gasteiger partial charge in [0.05, 0.1) is 0 Å². The van der Waals surface area contributed by atoms with Crippen LogP contribution in [0.25, 0.3) is 0 Å². The molecule has 9 heavy (non-hydrogen) atoms. The van der Waals surface area contributed by atoms with Gasteiger partial charge in [-0.2, -0.15) is 0 Å². The van der Waals surface area contributed by atoms with Crippen LogP contribution >= 0.6 is 0 Å². The number of carbonyl (C=O) groups is 2. The van der Waals surface area contributed by atoms with E-state index in [2.05, 4.69) is 0 Å². The van der Waals surface area contributed by atoms with Gasteiger partial charge in [0.15, 0.2) is 0 Å². The Kier molecular flexibility index (Phi) is 28.1. The minimum atomic E-state index is -1.82. The molecule has 0 saturated heterocycles. The Morgan fingerprint density at radius 1 is 1.00 bits per heavy atom. The predicted octanol–water partition coefficient (Wildman–Crippen LogP) is -2.32. The maximum atomic E-state index is 9.10. The third-order valence-electron chi connectivity index (χ3n) is 0.183. The van der Waals surface area contributed by atoms with Gasteiger partial charge in [-0.1, -0.05) is 0 Å². The van der Waals surface area contributed by atoms with Crippen molar-refractivity contribution in [3.05, 3.63) is 0 Å². The zero-order valence-electron chi connectivity index (χ0n) is 3.71. The van der Waals surface area contributed by atoms with Gasteiger partial charge in [0.2, 0.25) is 0 Å². The van der Waals surface area contributed by atoms with E-state index in [4.69, 9.17) is 19.8 Å². The summed E-state index contributed by atoms with van der Waals surface area (Å²) in [4.78, 5) is 18.2. The SMILES string of the molecule is O.O=C(O)C(=O)O.[LiH].[Ti]. The molecule has 0 aromatic rings. The molecule has 0 aromatic heterocycles. The molecule has 0 amide bonds. The molecule has 0 radical (unpaired) electrons. The molecule has 5 nitrogen and oxygen atoms in total. The van der Waals surface area contributed by atoms with Crippen LogP contribution in [0.3, 0.4) is 0 Å². The fourth-order valence-electron chi connectivity index (χ4n) is 0. The number of carboxylic acids is 2. The molecule has 0 aliphatic heterocycles. The number of carboxylic acid groups (broad SMARTS) is 2. The summed E-state index contributed by atoms with van der Waals surface area (Å²) in [6.45, 7) is 0. The van der Waals surface area contributed by atoms with Gasteiger partial charge >= 0.3 is 30.8 Å². The van der Waals surface area contributed by atoms with Gasteiger partial charge in [0.1, 0.15) is 0 Å². The normalized spacial score (nSPS) is 4.89. The zero-order valence-corrected chi connectivity index (χ0v) is 5.27. The van der Waals surface area contributed by atoms with Gasteiger partial charge in [-0.05, 0) is 0 Å². The summed E-state index contributed by atoms with van der Waals surface area (Å²) in [6.07, 6.45) is 0. The summed E-state index contributed by atoms with van der Waals surface area (Å²) < 4.78 is 0. The molecule has 0 fully saturated rings. The Bertz CT molecular complexity index is 81.0. The van der Waals surface area contributed by atoms with Gasteiger partial charge < -0.3 is 15.7 Å². The molecular formula is C2H5LiO5Ti. The standard InChI is InChI=1S/C2H2O4.Li.H2O.Ti.H/c3-1(4)2(5)6;;;;/h(H,3,4)(H,5,6);;1H2;;. The second-order valence-corrected chi connectivity index (χ2v) is 0.610. The van der Waals surface area contributed by atoms with Crippen LogP contribution in [0.1, 0.15) is 0 Å². The van der Waals surface area contributed by atoms with Crippen molar-refractivity contribution in [2.24, 2.45) is 0 Å². The molecule has 0 spiro atoms. The summed E-state index contributed by atoms with van der Waals surface area (Å²) in [6, 6.07) is 0. The first-order valence-corrected chi connectivity index (χ1v) is 1.11. The fourth-order valence-corrected chi connectivity index (χ4v) is 0. The largest absolute Gasteiger partial charge is 0 e. The maximum absolute atomic E-state index is 9.10. The van der Waals surface area contributed by atoms with Crippen LogP contribution in [0.2, 0.25) is 0 Å². The van der Waals surface area contributed by atoms with Crippen LogP contribution in [0.5, 0.6) is 0 Å². The van der Waals surface area contributed by atoms with Crippen molar-refractivity contribution in [1.29, 1.82) is 0 Å². The first-order valence-electron chi connectivity index (χ1n) is 1.11. The van der Waals surface area contributed by atoms with E-state index < -0.39 is 11.9 Å². The number of hydrogen-bond acceptors (Lipinski definition) is 2. The fraction of sp³-hybridized carbons (Fsp3) is 0. The van der Waals surface area contributed by atoms with Crippen LogP contribution in [-0.2, 0) is 31.3 Å². The van der Waals surface area contributed by atoms with E-state index in [1.54, 1.807) is 0 Å². The van der Waals surface area contributed by atoms with Crippen molar-refractivity contribution < 1.29 is 47.0 Å². The molecule has 7 heteroatoms. The van der Waals surface area contributed by atoms with E-state index in [0.717, 1.165) is 0 Å². The summed E-state index contributed by atoms with van der Waals surface area (Å²) in [7, 11) is 0. The second-order valence-electron chi connectivity index (χ2n) is 0.610. The molecule has 0 heterocycles. The quantitative estimate of drug-likeness (QED) is 0.309. The third kappa shape index (κ3) is 17.9.